The first-order chi connectivity index (χ1) is 9.24. The van der Waals surface area contributed by atoms with Crippen molar-refractivity contribution in [2.75, 3.05) is 20.0 Å². The molecule has 0 saturated heterocycles. The zero-order valence-corrected chi connectivity index (χ0v) is 11.4. The summed E-state index contributed by atoms with van der Waals surface area (Å²) < 4.78 is 12.5. The highest BCUT2D eigenvalue weighted by Gasteiger charge is 2.14. The number of hydrogen-bond acceptors (Lipinski definition) is 5. The Kier molecular flexibility index (Phi) is 2.79. The average molecular weight is 275 g/mol. The lowest BCUT2D eigenvalue weighted by molar-refractivity contribution is 0.395. The van der Waals surface area contributed by atoms with Crippen molar-refractivity contribution in [1.29, 1.82) is 0 Å². The molecular weight excluding hydrogens is 262 g/mol. The van der Waals surface area contributed by atoms with Gasteiger partial charge < -0.3 is 15.2 Å². The van der Waals surface area contributed by atoms with Crippen LogP contribution < -0.4 is 15.2 Å². The van der Waals surface area contributed by atoms with Crippen LogP contribution in [0.15, 0.2) is 29.8 Å². The topological polar surface area (TPSA) is 61.8 Å². The normalized spacial score (nSPS) is 10.8. The lowest BCUT2D eigenvalue weighted by Crippen LogP contribution is -1.96. The van der Waals surface area contributed by atoms with E-state index in [1.54, 1.807) is 31.8 Å². The van der Waals surface area contributed by atoms with Gasteiger partial charge in [-0.25, -0.2) is 4.98 Å². The largest absolute Gasteiger partial charge is 0.497 e. The van der Waals surface area contributed by atoms with Gasteiger partial charge in [-0.05, 0) is 12.1 Å². The van der Waals surface area contributed by atoms with Crippen molar-refractivity contribution >= 4 is 22.1 Å². The second-order valence-electron chi connectivity index (χ2n) is 3.98. The number of aromatic nitrogens is 2. The first kappa shape index (κ1) is 11.9. The van der Waals surface area contributed by atoms with Crippen LogP contribution >= 0.6 is 11.3 Å². The van der Waals surface area contributed by atoms with Crippen LogP contribution in [0.5, 0.6) is 11.5 Å². The zero-order valence-electron chi connectivity index (χ0n) is 10.6. The molecule has 3 rings (SSSR count). The van der Waals surface area contributed by atoms with Gasteiger partial charge in [-0.3, -0.25) is 4.40 Å². The molecule has 0 saturated carbocycles. The number of imidazole rings is 1. The van der Waals surface area contributed by atoms with Gasteiger partial charge in [0, 0.05) is 17.0 Å². The third kappa shape index (κ3) is 1.80. The molecule has 1 aromatic carbocycles. The summed E-state index contributed by atoms with van der Waals surface area (Å²) in [4.78, 5) is 5.12. The number of anilines is 1. The highest BCUT2D eigenvalue weighted by Crippen LogP contribution is 2.36. The Hall–Kier alpha value is -2.21. The van der Waals surface area contributed by atoms with Gasteiger partial charge in [-0.2, -0.15) is 0 Å². The van der Waals surface area contributed by atoms with Crippen LogP contribution in [-0.4, -0.2) is 23.6 Å². The number of hydrogen-bond donors (Lipinski definition) is 1. The molecule has 5 nitrogen and oxygen atoms in total. The van der Waals surface area contributed by atoms with Gasteiger partial charge in [-0.15, -0.1) is 11.3 Å². The molecule has 2 aromatic heterocycles. The molecule has 0 amide bonds. The number of fused-ring (bicyclic) bond motifs is 1. The van der Waals surface area contributed by atoms with E-state index in [0.717, 1.165) is 27.6 Å². The van der Waals surface area contributed by atoms with E-state index in [1.807, 2.05) is 28.0 Å². The number of benzene rings is 1. The highest BCUT2D eigenvalue weighted by molar-refractivity contribution is 7.16. The van der Waals surface area contributed by atoms with E-state index >= 15 is 0 Å². The van der Waals surface area contributed by atoms with Gasteiger partial charge in [0.05, 0.1) is 26.1 Å². The summed E-state index contributed by atoms with van der Waals surface area (Å²) in [5.41, 5.74) is 7.82. The lowest BCUT2D eigenvalue weighted by Gasteiger charge is -2.10. The number of rotatable bonds is 3. The Morgan fingerprint density at radius 2 is 2.11 bits per heavy atom. The van der Waals surface area contributed by atoms with Crippen LogP contribution in [0.4, 0.5) is 5.95 Å². The van der Waals surface area contributed by atoms with Crippen LogP contribution in [0.1, 0.15) is 0 Å². The van der Waals surface area contributed by atoms with Crippen LogP contribution in [0, 0.1) is 0 Å². The van der Waals surface area contributed by atoms with Gasteiger partial charge in [0.2, 0.25) is 5.95 Å². The number of methoxy groups -OCH3 is 2. The van der Waals surface area contributed by atoms with Crippen molar-refractivity contribution in [2.24, 2.45) is 0 Å². The van der Waals surface area contributed by atoms with Crippen molar-refractivity contribution in [1.82, 2.24) is 9.38 Å². The van der Waals surface area contributed by atoms with E-state index in [4.69, 9.17) is 15.2 Å². The third-order valence-corrected chi connectivity index (χ3v) is 3.84. The highest BCUT2D eigenvalue weighted by atomic mass is 32.1. The molecule has 6 heteroatoms. The van der Waals surface area contributed by atoms with E-state index < -0.39 is 0 Å². The maximum atomic E-state index is 5.90. The Morgan fingerprint density at radius 1 is 1.26 bits per heavy atom. The lowest BCUT2D eigenvalue weighted by atomic mass is 10.1. The standard InChI is InChI=1S/C13H13N3O2S/c1-17-8-3-4-9(11(5-8)18-2)10-7-19-12-6-15-13(14)16(10)12/h3-7H,1-2H3,(H2,14,15). The molecule has 0 bridgehead atoms. The number of nitrogens with zero attached hydrogens (tertiary/aromatic N) is 2. The van der Waals surface area contributed by atoms with Crippen LogP contribution in [-0.2, 0) is 0 Å². The van der Waals surface area contributed by atoms with E-state index in [-0.39, 0.29) is 0 Å². The monoisotopic (exact) mass is 275 g/mol. The molecule has 19 heavy (non-hydrogen) atoms. The van der Waals surface area contributed by atoms with Crippen molar-refractivity contribution < 1.29 is 9.47 Å². The molecule has 0 atom stereocenters. The fraction of sp³-hybridized carbons (Fsp3) is 0.154. The third-order valence-electron chi connectivity index (χ3n) is 2.97. The maximum Gasteiger partial charge on any atom is 0.206 e. The number of ether oxygens (including phenoxy) is 2. The zero-order chi connectivity index (χ0) is 13.4. The van der Waals surface area contributed by atoms with E-state index in [1.165, 1.54) is 0 Å². The maximum absolute atomic E-state index is 5.90. The molecule has 0 fully saturated rings. The van der Waals surface area contributed by atoms with Gasteiger partial charge in [-0.1, -0.05) is 0 Å². The van der Waals surface area contributed by atoms with Gasteiger partial charge in [0.25, 0.3) is 0 Å². The molecule has 2 N–H and O–H groups in total. The minimum atomic E-state index is 0.476. The molecular formula is C13H13N3O2S. The molecule has 0 aliphatic rings. The summed E-state index contributed by atoms with van der Waals surface area (Å²) in [6, 6.07) is 5.71. The Labute approximate surface area is 114 Å². The second-order valence-corrected chi connectivity index (χ2v) is 4.87. The number of thiazole rings is 1. The average Bonchev–Trinajstić information content (AvgIpc) is 3.01. The Bertz CT molecular complexity index is 733. The summed E-state index contributed by atoms with van der Waals surface area (Å²) in [7, 11) is 3.27. The summed E-state index contributed by atoms with van der Waals surface area (Å²) in [6.45, 7) is 0. The smallest absolute Gasteiger partial charge is 0.206 e. The fourth-order valence-electron chi connectivity index (χ4n) is 2.04. The number of nitrogen functional groups attached to an aromatic ring is 1. The minimum absolute atomic E-state index is 0.476. The predicted molar refractivity (Wildman–Crippen MR) is 76.0 cm³/mol. The summed E-state index contributed by atoms with van der Waals surface area (Å²) >= 11 is 1.59. The van der Waals surface area contributed by atoms with E-state index in [0.29, 0.717) is 5.95 Å². The van der Waals surface area contributed by atoms with Crippen molar-refractivity contribution in [2.45, 2.75) is 0 Å². The quantitative estimate of drug-likeness (QED) is 0.798. The van der Waals surface area contributed by atoms with Crippen molar-refractivity contribution in [3.8, 4) is 22.8 Å². The van der Waals surface area contributed by atoms with E-state index in [9.17, 15) is 0 Å². The molecule has 3 aromatic rings. The van der Waals surface area contributed by atoms with Crippen molar-refractivity contribution in [3.05, 3.63) is 29.8 Å². The first-order valence-electron chi connectivity index (χ1n) is 5.67. The van der Waals surface area contributed by atoms with Crippen LogP contribution in [0.25, 0.3) is 16.1 Å². The minimum Gasteiger partial charge on any atom is -0.497 e. The Balaban J connectivity index is 2.23. The Morgan fingerprint density at radius 3 is 2.84 bits per heavy atom. The molecule has 0 unspecified atom stereocenters. The van der Waals surface area contributed by atoms with Crippen LogP contribution in [0.2, 0.25) is 0 Å². The molecule has 2 heterocycles. The molecule has 0 aliphatic heterocycles. The van der Waals surface area contributed by atoms with Crippen molar-refractivity contribution in [3.63, 3.8) is 0 Å². The van der Waals surface area contributed by atoms with Crippen LogP contribution in [0.3, 0.4) is 0 Å². The number of nitrogens with two attached hydrogens (primary N) is 1. The summed E-state index contributed by atoms with van der Waals surface area (Å²) in [5, 5.41) is 2.04. The predicted octanol–water partition coefficient (Wildman–Crippen LogP) is 2.66. The first-order valence-corrected chi connectivity index (χ1v) is 6.55. The SMILES string of the molecule is COc1ccc(-c2csc3cnc(N)n23)c(OC)c1. The van der Waals surface area contributed by atoms with Gasteiger partial charge >= 0.3 is 0 Å². The second kappa shape index (κ2) is 4.47. The molecule has 0 spiro atoms. The summed E-state index contributed by atoms with van der Waals surface area (Å²) in [5.74, 6) is 1.97. The fourth-order valence-corrected chi connectivity index (χ4v) is 2.91. The summed E-state index contributed by atoms with van der Waals surface area (Å²) in [6.07, 6.45) is 1.76. The molecule has 0 radical (unpaired) electrons. The van der Waals surface area contributed by atoms with Gasteiger partial charge in [0.15, 0.2) is 0 Å². The molecule has 0 aliphatic carbocycles. The van der Waals surface area contributed by atoms with Gasteiger partial charge in [0.1, 0.15) is 16.3 Å². The molecule has 98 valence electrons. The van der Waals surface area contributed by atoms with E-state index in [2.05, 4.69) is 4.98 Å².